The van der Waals surface area contributed by atoms with Gasteiger partial charge in [-0.3, -0.25) is 9.59 Å². The number of amides is 1. The van der Waals surface area contributed by atoms with E-state index in [0.29, 0.717) is 13.1 Å². The molecule has 1 atom stereocenters. The topological polar surface area (TPSA) is 96.0 Å². The first kappa shape index (κ1) is 17.9. The molecule has 9 heteroatoms. The predicted molar refractivity (Wildman–Crippen MR) is 76.6 cm³/mol. The Morgan fingerprint density at radius 2 is 1.90 bits per heavy atom. The van der Waals surface area contributed by atoms with Gasteiger partial charge < -0.3 is 9.64 Å². The molecule has 1 aliphatic heterocycles. The number of likely N-dealkylation sites (tertiary alicyclic amines) is 1. The van der Waals surface area contributed by atoms with E-state index in [-0.39, 0.29) is 18.9 Å². The molecule has 1 N–H and O–H groups in total. The lowest BCUT2D eigenvalue weighted by Crippen LogP contribution is -2.50. The fourth-order valence-electron chi connectivity index (χ4n) is 2.05. The van der Waals surface area contributed by atoms with E-state index in [2.05, 4.69) is 9.46 Å². The SMILES string of the molecule is COC(=O)CCN(C)S(=O)(=O)NC(C)C(=O)N1CCCC1. The Morgan fingerprint density at radius 1 is 1.33 bits per heavy atom. The van der Waals surface area contributed by atoms with Crippen LogP contribution in [0.5, 0.6) is 0 Å². The van der Waals surface area contributed by atoms with Gasteiger partial charge in [-0.15, -0.1) is 0 Å². The van der Waals surface area contributed by atoms with Crippen LogP contribution in [0.4, 0.5) is 0 Å². The number of methoxy groups -OCH3 is 1. The molecule has 0 aromatic heterocycles. The molecule has 1 fully saturated rings. The van der Waals surface area contributed by atoms with Crippen LogP contribution in [-0.2, 0) is 24.5 Å². The summed E-state index contributed by atoms with van der Waals surface area (Å²) < 4.78 is 31.9. The molecule has 0 bridgehead atoms. The third-order valence-electron chi connectivity index (χ3n) is 3.38. The molecule has 1 aliphatic rings. The van der Waals surface area contributed by atoms with E-state index in [4.69, 9.17) is 0 Å². The lowest BCUT2D eigenvalue weighted by molar-refractivity contribution is -0.140. The summed E-state index contributed by atoms with van der Waals surface area (Å²) in [5.41, 5.74) is 0. The third kappa shape index (κ3) is 5.25. The molecular formula is C12H23N3O5S. The van der Waals surface area contributed by atoms with Crippen LogP contribution in [0.25, 0.3) is 0 Å². The van der Waals surface area contributed by atoms with Crippen LogP contribution < -0.4 is 4.72 Å². The van der Waals surface area contributed by atoms with E-state index in [1.54, 1.807) is 4.90 Å². The van der Waals surface area contributed by atoms with Crippen molar-refractivity contribution in [2.75, 3.05) is 33.8 Å². The van der Waals surface area contributed by atoms with E-state index in [1.165, 1.54) is 21.1 Å². The van der Waals surface area contributed by atoms with Gasteiger partial charge in [-0.1, -0.05) is 0 Å². The smallest absolute Gasteiger partial charge is 0.306 e. The van der Waals surface area contributed by atoms with E-state index < -0.39 is 22.2 Å². The largest absolute Gasteiger partial charge is 0.469 e. The second-order valence-corrected chi connectivity index (χ2v) is 6.83. The molecule has 1 amide bonds. The van der Waals surface area contributed by atoms with E-state index in [9.17, 15) is 18.0 Å². The molecule has 0 radical (unpaired) electrons. The van der Waals surface area contributed by atoms with Crippen LogP contribution in [0.2, 0.25) is 0 Å². The molecule has 21 heavy (non-hydrogen) atoms. The van der Waals surface area contributed by atoms with Gasteiger partial charge in [0.1, 0.15) is 0 Å². The first-order chi connectivity index (χ1) is 9.77. The number of rotatable bonds is 7. The van der Waals surface area contributed by atoms with E-state index in [1.807, 2.05) is 0 Å². The maximum Gasteiger partial charge on any atom is 0.306 e. The van der Waals surface area contributed by atoms with Gasteiger partial charge in [0.15, 0.2) is 0 Å². The molecule has 1 heterocycles. The minimum atomic E-state index is -3.81. The van der Waals surface area contributed by atoms with Crippen LogP contribution in [0.15, 0.2) is 0 Å². The van der Waals surface area contributed by atoms with Crippen LogP contribution in [0.1, 0.15) is 26.2 Å². The molecule has 0 saturated carbocycles. The second-order valence-electron chi connectivity index (χ2n) is 5.02. The van der Waals surface area contributed by atoms with Crippen molar-refractivity contribution in [1.29, 1.82) is 0 Å². The van der Waals surface area contributed by atoms with Crippen LogP contribution in [0.3, 0.4) is 0 Å². The maximum absolute atomic E-state index is 12.1. The Hall–Kier alpha value is -1.19. The molecule has 1 saturated heterocycles. The summed E-state index contributed by atoms with van der Waals surface area (Å²) in [4.78, 5) is 24.7. The summed E-state index contributed by atoms with van der Waals surface area (Å²) in [6.45, 7) is 2.85. The van der Waals surface area contributed by atoms with Crippen molar-refractivity contribution in [3.63, 3.8) is 0 Å². The quantitative estimate of drug-likeness (QED) is 0.627. The van der Waals surface area contributed by atoms with Gasteiger partial charge in [0.2, 0.25) is 5.91 Å². The average molecular weight is 321 g/mol. The number of hydrogen-bond donors (Lipinski definition) is 1. The summed E-state index contributed by atoms with van der Waals surface area (Å²) in [7, 11) is -1.22. The Kier molecular flexibility index (Phi) is 6.56. The summed E-state index contributed by atoms with van der Waals surface area (Å²) >= 11 is 0. The molecule has 8 nitrogen and oxygen atoms in total. The van der Waals surface area contributed by atoms with Gasteiger partial charge >= 0.3 is 5.97 Å². The molecule has 0 aromatic carbocycles. The van der Waals surface area contributed by atoms with Gasteiger partial charge in [-0.05, 0) is 19.8 Å². The van der Waals surface area contributed by atoms with Crippen molar-refractivity contribution in [1.82, 2.24) is 13.9 Å². The summed E-state index contributed by atoms with van der Waals surface area (Å²) in [6.07, 6.45) is 1.86. The van der Waals surface area contributed by atoms with Crippen LogP contribution in [-0.4, -0.2) is 69.3 Å². The predicted octanol–water partition coefficient (Wildman–Crippen LogP) is -0.673. The number of hydrogen-bond acceptors (Lipinski definition) is 5. The Labute approximate surface area is 125 Å². The maximum atomic E-state index is 12.1. The number of carbonyl (C=O) groups excluding carboxylic acids is 2. The highest BCUT2D eigenvalue weighted by atomic mass is 32.2. The third-order valence-corrected chi connectivity index (χ3v) is 5.04. The minimum Gasteiger partial charge on any atom is -0.469 e. The molecule has 1 rings (SSSR count). The monoisotopic (exact) mass is 321 g/mol. The normalized spacial score (nSPS) is 17.0. The van der Waals surface area contributed by atoms with Gasteiger partial charge in [0, 0.05) is 26.7 Å². The number of ether oxygens (including phenoxy) is 1. The number of carbonyl (C=O) groups is 2. The first-order valence-corrected chi connectivity index (χ1v) is 8.31. The highest BCUT2D eigenvalue weighted by Crippen LogP contribution is 2.10. The van der Waals surface area contributed by atoms with E-state index >= 15 is 0 Å². The summed E-state index contributed by atoms with van der Waals surface area (Å²) in [6, 6.07) is -0.825. The standard InChI is InChI=1S/C12H23N3O5S/c1-10(12(17)15-7-4-5-8-15)13-21(18,19)14(2)9-6-11(16)20-3/h10,13H,4-9H2,1-3H3. The van der Waals surface area contributed by atoms with Gasteiger partial charge in [0.05, 0.1) is 19.6 Å². The molecule has 0 aliphatic carbocycles. The fraction of sp³-hybridized carbons (Fsp3) is 0.833. The summed E-state index contributed by atoms with van der Waals surface area (Å²) in [5.74, 6) is -0.712. The highest BCUT2D eigenvalue weighted by molar-refractivity contribution is 7.87. The number of nitrogens with one attached hydrogen (secondary N) is 1. The van der Waals surface area contributed by atoms with Crippen molar-refractivity contribution in [2.45, 2.75) is 32.2 Å². The van der Waals surface area contributed by atoms with Crippen molar-refractivity contribution >= 4 is 22.1 Å². The zero-order valence-electron chi connectivity index (χ0n) is 12.7. The van der Waals surface area contributed by atoms with Gasteiger partial charge in [-0.25, -0.2) is 0 Å². The summed E-state index contributed by atoms with van der Waals surface area (Å²) in [5, 5.41) is 0. The Bertz CT molecular complexity index is 473. The van der Waals surface area contributed by atoms with Crippen LogP contribution in [0, 0.1) is 0 Å². The lowest BCUT2D eigenvalue weighted by atomic mass is 10.3. The van der Waals surface area contributed by atoms with E-state index in [0.717, 1.165) is 17.1 Å². The zero-order chi connectivity index (χ0) is 16.0. The molecule has 0 spiro atoms. The molecule has 0 aromatic rings. The van der Waals surface area contributed by atoms with Gasteiger partial charge in [-0.2, -0.15) is 17.4 Å². The lowest BCUT2D eigenvalue weighted by Gasteiger charge is -2.23. The molecule has 122 valence electrons. The fourth-order valence-corrected chi connectivity index (χ4v) is 3.11. The minimum absolute atomic E-state index is 0.00731. The molecular weight excluding hydrogens is 298 g/mol. The average Bonchev–Trinajstić information content (AvgIpc) is 2.96. The number of nitrogens with zero attached hydrogens (tertiary/aromatic N) is 2. The van der Waals surface area contributed by atoms with Crippen molar-refractivity contribution in [3.05, 3.63) is 0 Å². The second kappa shape index (κ2) is 7.71. The van der Waals surface area contributed by atoms with Crippen LogP contribution >= 0.6 is 0 Å². The Balaban J connectivity index is 2.53. The van der Waals surface area contributed by atoms with Crippen molar-refractivity contribution in [2.24, 2.45) is 0 Å². The van der Waals surface area contributed by atoms with Gasteiger partial charge in [0.25, 0.3) is 10.2 Å². The Morgan fingerprint density at radius 3 is 2.43 bits per heavy atom. The highest BCUT2D eigenvalue weighted by Gasteiger charge is 2.28. The van der Waals surface area contributed by atoms with Crippen molar-refractivity contribution < 1.29 is 22.7 Å². The first-order valence-electron chi connectivity index (χ1n) is 6.87. The van der Waals surface area contributed by atoms with Crippen molar-refractivity contribution in [3.8, 4) is 0 Å². The molecule has 1 unspecified atom stereocenters. The number of esters is 1. The zero-order valence-corrected chi connectivity index (χ0v) is 13.5.